The number of nitrogens with zero attached hydrogens (tertiary/aromatic N) is 1. The average molecular weight is 826 g/mol. The van der Waals surface area contributed by atoms with Gasteiger partial charge in [-0.1, -0.05) is 171 Å². The van der Waals surface area contributed by atoms with E-state index in [0.717, 1.165) is 17.8 Å². The number of hydrogen-bond donors (Lipinski definition) is 0. The fourth-order valence-electron chi connectivity index (χ4n) is 15.5. The van der Waals surface area contributed by atoms with Crippen molar-refractivity contribution in [2.24, 2.45) is 23.7 Å². The summed E-state index contributed by atoms with van der Waals surface area (Å²) in [7, 11) is 0. The molecule has 1 nitrogen and oxygen atoms in total. The summed E-state index contributed by atoms with van der Waals surface area (Å²) < 4.78 is 0. The van der Waals surface area contributed by atoms with Crippen LogP contribution in [0.5, 0.6) is 0 Å². The summed E-state index contributed by atoms with van der Waals surface area (Å²) in [5.74, 6) is 3.78. The number of fused-ring (bicyclic) bond motifs is 7. The van der Waals surface area contributed by atoms with E-state index in [9.17, 15) is 0 Å². The molecule has 6 atom stereocenters. The number of rotatable bonds is 6. The Hall–Kier alpha value is -6.18. The van der Waals surface area contributed by atoms with Crippen molar-refractivity contribution in [3.05, 3.63) is 209 Å². The van der Waals surface area contributed by atoms with Crippen LogP contribution in [0.25, 0.3) is 44.2 Å². The smallest absolute Gasteiger partial charge is 0.0543 e. The topological polar surface area (TPSA) is 3.24 Å². The predicted molar refractivity (Wildman–Crippen MR) is 266 cm³/mol. The van der Waals surface area contributed by atoms with Crippen molar-refractivity contribution in [3.8, 4) is 33.4 Å². The van der Waals surface area contributed by atoms with Crippen LogP contribution in [0.15, 0.2) is 176 Å². The van der Waals surface area contributed by atoms with E-state index in [4.69, 9.17) is 0 Å². The molecule has 7 aliphatic rings. The molecule has 312 valence electrons. The van der Waals surface area contributed by atoms with Gasteiger partial charge < -0.3 is 4.90 Å². The first-order valence-electron chi connectivity index (χ1n) is 24.6. The minimum absolute atomic E-state index is 0.0897. The van der Waals surface area contributed by atoms with E-state index in [1.54, 1.807) is 11.1 Å². The molecule has 1 heteroatoms. The summed E-state index contributed by atoms with van der Waals surface area (Å²) in [6.07, 6.45) is 12.1. The third-order valence-electron chi connectivity index (χ3n) is 17.9. The van der Waals surface area contributed by atoms with Crippen LogP contribution in [0, 0.1) is 23.7 Å². The average Bonchev–Trinajstić information content (AvgIpc) is 3.99. The van der Waals surface area contributed by atoms with Crippen LogP contribution in [0.3, 0.4) is 0 Å². The lowest BCUT2D eigenvalue weighted by molar-refractivity contribution is 0.191. The van der Waals surface area contributed by atoms with E-state index in [-0.39, 0.29) is 10.8 Å². The van der Waals surface area contributed by atoms with Gasteiger partial charge in [-0.25, -0.2) is 0 Å². The van der Waals surface area contributed by atoms with Gasteiger partial charge in [0.25, 0.3) is 0 Å². The summed E-state index contributed by atoms with van der Waals surface area (Å²) in [5, 5.41) is 2.78. The van der Waals surface area contributed by atoms with Gasteiger partial charge in [-0.3, -0.25) is 0 Å². The monoisotopic (exact) mass is 825 g/mol. The van der Waals surface area contributed by atoms with Crippen molar-refractivity contribution in [1.82, 2.24) is 0 Å². The Morgan fingerprint density at radius 3 is 2.00 bits per heavy atom. The highest BCUT2D eigenvalue weighted by atomic mass is 15.1. The zero-order chi connectivity index (χ0) is 42.1. The van der Waals surface area contributed by atoms with E-state index in [2.05, 4.69) is 188 Å². The van der Waals surface area contributed by atoms with Gasteiger partial charge in [0.1, 0.15) is 0 Å². The Morgan fingerprint density at radius 2 is 1.16 bits per heavy atom. The van der Waals surface area contributed by atoms with Crippen LogP contribution < -0.4 is 4.90 Å². The predicted octanol–water partition coefficient (Wildman–Crippen LogP) is 16.7. The molecule has 0 N–H and O–H groups in total. The van der Waals surface area contributed by atoms with Crippen molar-refractivity contribution in [2.45, 2.75) is 81.5 Å². The van der Waals surface area contributed by atoms with E-state index in [1.165, 1.54) is 141 Å². The second-order valence-corrected chi connectivity index (χ2v) is 20.7. The van der Waals surface area contributed by atoms with Crippen molar-refractivity contribution in [3.63, 3.8) is 0 Å². The Bertz CT molecular complexity index is 3160. The van der Waals surface area contributed by atoms with Crippen molar-refractivity contribution < 1.29 is 0 Å². The van der Waals surface area contributed by atoms with Gasteiger partial charge in [-0.05, 0) is 166 Å². The lowest BCUT2D eigenvalue weighted by atomic mass is 9.59. The Labute approximate surface area is 378 Å². The molecule has 8 aromatic carbocycles. The molecule has 15 rings (SSSR count). The third kappa shape index (κ3) is 4.96. The molecular weight excluding hydrogens is 771 g/mol. The van der Waals surface area contributed by atoms with Gasteiger partial charge in [-0.15, -0.1) is 0 Å². The van der Waals surface area contributed by atoms with E-state index in [1.807, 2.05) is 0 Å². The SMILES string of the molecule is CC1(c2ccccc2)c2ccccc2-c2c(N(c3ccc4c(c3)C3(c5ccccc5-4)C4CC5CC(C4)C3C5)c3ccccc3-c3cccc4cccc(C5CCCCC5)c34)cccc21. The lowest BCUT2D eigenvalue weighted by Gasteiger charge is -2.44. The first kappa shape index (κ1) is 37.2. The molecule has 0 aromatic heterocycles. The second kappa shape index (κ2) is 13.9. The quantitative estimate of drug-likeness (QED) is 0.161. The Balaban J connectivity index is 1.05. The molecule has 0 amide bonds. The molecule has 0 radical (unpaired) electrons. The fraction of sp³-hybridized carbons (Fsp3) is 0.270. The minimum atomic E-state index is -0.301. The van der Waals surface area contributed by atoms with Gasteiger partial charge >= 0.3 is 0 Å². The van der Waals surface area contributed by atoms with E-state index < -0.39 is 0 Å². The molecular formula is C63H55N. The number of para-hydroxylation sites is 1. The zero-order valence-electron chi connectivity index (χ0n) is 36.9. The molecule has 5 fully saturated rings. The molecule has 7 aliphatic carbocycles. The summed E-state index contributed by atoms with van der Waals surface area (Å²) in [5.41, 5.74) is 20.6. The second-order valence-electron chi connectivity index (χ2n) is 20.7. The largest absolute Gasteiger partial charge is 0.309 e. The van der Waals surface area contributed by atoms with Gasteiger partial charge in [0.2, 0.25) is 0 Å². The Morgan fingerprint density at radius 1 is 0.484 bits per heavy atom. The van der Waals surface area contributed by atoms with E-state index in [0.29, 0.717) is 11.8 Å². The highest BCUT2D eigenvalue weighted by Gasteiger charge is 2.66. The maximum absolute atomic E-state index is 2.70. The number of benzene rings is 8. The highest BCUT2D eigenvalue weighted by Crippen LogP contribution is 2.73. The standard InChI is InChI=1S/C63H55N/c1-62(44-21-6-3-7-22-44)53-28-11-9-25-52(53)61-55(62)30-16-32-59(61)64(58-31-13-10-24-50(58)51-27-15-20-42-19-14-26-47(60(42)51)41-17-4-2-5-18-41)46-33-34-49-48-23-8-12-29-54(48)63(57(49)39-46)45-36-40-35-43(38-45)56(63)37-40/h3,6-16,19-34,39-41,43,45,56H,2,4-5,17-18,35-38H2,1H3. The third-order valence-corrected chi connectivity index (χ3v) is 17.9. The fourth-order valence-corrected chi connectivity index (χ4v) is 15.5. The molecule has 1 spiro atoms. The summed E-state index contributed by atoms with van der Waals surface area (Å²) in [4.78, 5) is 2.70. The first-order chi connectivity index (χ1) is 31.6. The summed E-state index contributed by atoms with van der Waals surface area (Å²) in [6.45, 7) is 2.46. The van der Waals surface area contributed by atoms with E-state index >= 15 is 0 Å². The van der Waals surface area contributed by atoms with Crippen LogP contribution in [-0.2, 0) is 10.8 Å². The maximum atomic E-state index is 2.70. The molecule has 0 saturated heterocycles. The summed E-state index contributed by atoms with van der Waals surface area (Å²) >= 11 is 0. The molecule has 64 heavy (non-hydrogen) atoms. The van der Waals surface area contributed by atoms with Crippen LogP contribution in [0.2, 0.25) is 0 Å². The van der Waals surface area contributed by atoms with Gasteiger partial charge in [0.15, 0.2) is 0 Å². The molecule has 8 aromatic rings. The van der Waals surface area contributed by atoms with Crippen molar-refractivity contribution >= 4 is 27.8 Å². The Kier molecular flexibility index (Phi) is 8.09. The lowest BCUT2D eigenvalue weighted by Crippen LogP contribution is -2.40. The first-order valence-corrected chi connectivity index (χ1v) is 24.6. The van der Waals surface area contributed by atoms with Gasteiger partial charge in [0, 0.05) is 27.6 Å². The van der Waals surface area contributed by atoms with Gasteiger partial charge in [0.05, 0.1) is 11.4 Å². The minimum Gasteiger partial charge on any atom is -0.309 e. The highest BCUT2D eigenvalue weighted by molar-refractivity contribution is 6.05. The van der Waals surface area contributed by atoms with Crippen LogP contribution in [0.4, 0.5) is 17.1 Å². The maximum Gasteiger partial charge on any atom is 0.0543 e. The van der Waals surface area contributed by atoms with Gasteiger partial charge in [-0.2, -0.15) is 0 Å². The number of hydrogen-bond acceptors (Lipinski definition) is 1. The van der Waals surface area contributed by atoms with Crippen LogP contribution in [0.1, 0.15) is 104 Å². The van der Waals surface area contributed by atoms with Crippen molar-refractivity contribution in [1.29, 1.82) is 0 Å². The molecule has 4 bridgehead atoms. The number of anilines is 3. The zero-order valence-corrected chi connectivity index (χ0v) is 36.9. The molecule has 0 aliphatic heterocycles. The molecule has 6 unspecified atom stereocenters. The molecule has 5 saturated carbocycles. The normalized spacial score (nSPS) is 25.7. The van der Waals surface area contributed by atoms with Crippen LogP contribution in [-0.4, -0.2) is 0 Å². The molecule has 0 heterocycles. The summed E-state index contributed by atoms with van der Waals surface area (Å²) in [6, 6.07) is 68.5. The van der Waals surface area contributed by atoms with Crippen molar-refractivity contribution in [2.75, 3.05) is 4.90 Å². The van der Waals surface area contributed by atoms with Crippen LogP contribution >= 0.6 is 0 Å².